The Morgan fingerprint density at radius 2 is 1.90 bits per heavy atom. The zero-order valence-corrected chi connectivity index (χ0v) is 13.2. The van der Waals surface area contributed by atoms with Crippen molar-refractivity contribution in [2.75, 3.05) is 20.3 Å². The summed E-state index contributed by atoms with van der Waals surface area (Å²) in [6, 6.07) is 9.32. The van der Waals surface area contributed by atoms with Crippen LogP contribution in [0.15, 0.2) is 30.3 Å². The van der Waals surface area contributed by atoms with E-state index in [1.165, 1.54) is 4.90 Å². The number of hydrogen-bond acceptors (Lipinski definition) is 4. The molecule has 0 spiro atoms. The molecule has 0 bridgehead atoms. The summed E-state index contributed by atoms with van der Waals surface area (Å²) in [6.45, 7) is 5.93. The summed E-state index contributed by atoms with van der Waals surface area (Å²) in [6.07, 6.45) is -0.468. The van der Waals surface area contributed by atoms with E-state index in [-0.39, 0.29) is 13.2 Å². The minimum absolute atomic E-state index is 0.176. The molecule has 1 rings (SSSR count). The van der Waals surface area contributed by atoms with Gasteiger partial charge in [-0.3, -0.25) is 0 Å². The average molecular weight is 295 g/mol. The van der Waals surface area contributed by atoms with Gasteiger partial charge in [0, 0.05) is 7.05 Å². The number of likely N-dealkylation sites (N-methyl/N-ethyl adjacent to an activating group) is 1. The Labute approximate surface area is 126 Å². The number of benzene rings is 1. The number of carbonyl (C=O) groups excluding carboxylic acids is 1. The van der Waals surface area contributed by atoms with Crippen LogP contribution in [0.3, 0.4) is 0 Å². The molecule has 0 aliphatic rings. The Kier molecular flexibility index (Phi) is 6.65. The molecule has 1 atom stereocenters. The van der Waals surface area contributed by atoms with Gasteiger partial charge in [0.15, 0.2) is 0 Å². The summed E-state index contributed by atoms with van der Waals surface area (Å²) >= 11 is 0. The number of hydrogen-bond donors (Lipinski definition) is 1. The van der Waals surface area contributed by atoms with Crippen molar-refractivity contribution in [1.29, 1.82) is 0 Å². The molecule has 21 heavy (non-hydrogen) atoms. The first-order chi connectivity index (χ1) is 9.83. The van der Waals surface area contributed by atoms with Crippen molar-refractivity contribution in [3.05, 3.63) is 35.9 Å². The van der Waals surface area contributed by atoms with E-state index < -0.39 is 17.7 Å². The van der Waals surface area contributed by atoms with Gasteiger partial charge in [-0.05, 0) is 26.3 Å². The second-order valence-electron chi connectivity index (χ2n) is 5.93. The number of rotatable bonds is 6. The van der Waals surface area contributed by atoms with Crippen molar-refractivity contribution < 1.29 is 19.4 Å². The molecule has 0 aromatic heterocycles. The normalized spacial score (nSPS) is 12.8. The van der Waals surface area contributed by atoms with Crippen LogP contribution >= 0.6 is 0 Å². The van der Waals surface area contributed by atoms with E-state index in [1.807, 2.05) is 30.3 Å². The van der Waals surface area contributed by atoms with E-state index in [4.69, 9.17) is 9.47 Å². The average Bonchev–Trinajstić information content (AvgIpc) is 2.42. The second kappa shape index (κ2) is 8.00. The van der Waals surface area contributed by atoms with Gasteiger partial charge in [-0.2, -0.15) is 0 Å². The molecule has 0 radical (unpaired) electrons. The largest absolute Gasteiger partial charge is 0.444 e. The van der Waals surface area contributed by atoms with Crippen LogP contribution in [-0.4, -0.2) is 48.0 Å². The van der Waals surface area contributed by atoms with Gasteiger partial charge < -0.3 is 19.5 Å². The Morgan fingerprint density at radius 3 is 2.43 bits per heavy atom. The summed E-state index contributed by atoms with van der Waals surface area (Å²) in [7, 11) is 1.60. The highest BCUT2D eigenvalue weighted by atomic mass is 16.6. The lowest BCUT2D eigenvalue weighted by atomic mass is 10.2. The molecular formula is C16H25NO4. The number of aliphatic hydroxyl groups is 1. The lowest BCUT2D eigenvalue weighted by Gasteiger charge is -2.29. The summed E-state index contributed by atoms with van der Waals surface area (Å²) in [5.41, 5.74) is 0.491. The Hall–Kier alpha value is -1.59. The fourth-order valence-electron chi connectivity index (χ4n) is 1.66. The molecule has 118 valence electrons. The van der Waals surface area contributed by atoms with E-state index >= 15 is 0 Å². The molecule has 1 aromatic carbocycles. The standard InChI is InChI=1S/C16H25NO4/c1-16(2,3)21-15(19)17(4)14(10-18)12-20-11-13-8-6-5-7-9-13/h5-9,14,18H,10-12H2,1-4H3. The molecule has 0 aliphatic carbocycles. The highest BCUT2D eigenvalue weighted by Crippen LogP contribution is 2.11. The van der Waals surface area contributed by atoms with E-state index in [9.17, 15) is 9.90 Å². The summed E-state index contributed by atoms with van der Waals surface area (Å²) < 4.78 is 10.8. The van der Waals surface area contributed by atoms with E-state index in [0.29, 0.717) is 6.61 Å². The maximum Gasteiger partial charge on any atom is 0.410 e. The van der Waals surface area contributed by atoms with Crippen molar-refractivity contribution in [1.82, 2.24) is 4.90 Å². The Bertz CT molecular complexity index is 428. The van der Waals surface area contributed by atoms with Crippen LogP contribution in [0, 0.1) is 0 Å². The van der Waals surface area contributed by atoms with Crippen molar-refractivity contribution in [3.8, 4) is 0 Å². The third-order valence-electron chi connectivity index (χ3n) is 2.86. The maximum absolute atomic E-state index is 11.9. The van der Waals surface area contributed by atoms with Gasteiger partial charge in [0.25, 0.3) is 0 Å². The zero-order chi connectivity index (χ0) is 15.9. The quantitative estimate of drug-likeness (QED) is 0.875. The third-order valence-corrected chi connectivity index (χ3v) is 2.86. The maximum atomic E-state index is 11.9. The van der Waals surface area contributed by atoms with Gasteiger partial charge in [-0.1, -0.05) is 30.3 Å². The van der Waals surface area contributed by atoms with Crippen molar-refractivity contribution >= 4 is 6.09 Å². The van der Waals surface area contributed by atoms with E-state index in [1.54, 1.807) is 27.8 Å². The number of aliphatic hydroxyl groups excluding tert-OH is 1. The molecule has 0 heterocycles. The Morgan fingerprint density at radius 1 is 1.29 bits per heavy atom. The summed E-state index contributed by atoms with van der Waals surface area (Å²) in [4.78, 5) is 13.3. The van der Waals surface area contributed by atoms with Crippen LogP contribution in [0.1, 0.15) is 26.3 Å². The minimum Gasteiger partial charge on any atom is -0.444 e. The minimum atomic E-state index is -0.559. The summed E-state index contributed by atoms with van der Waals surface area (Å²) in [5.74, 6) is 0. The van der Waals surface area contributed by atoms with Crippen LogP contribution in [0.5, 0.6) is 0 Å². The van der Waals surface area contributed by atoms with Crippen molar-refractivity contribution in [3.63, 3.8) is 0 Å². The topological polar surface area (TPSA) is 59.0 Å². The third kappa shape index (κ3) is 6.60. The first-order valence-electron chi connectivity index (χ1n) is 7.02. The molecule has 0 saturated carbocycles. The first-order valence-corrected chi connectivity index (χ1v) is 7.02. The summed E-state index contributed by atoms with van der Waals surface area (Å²) in [5, 5.41) is 9.41. The highest BCUT2D eigenvalue weighted by molar-refractivity contribution is 5.68. The SMILES string of the molecule is CN(C(=O)OC(C)(C)C)C(CO)COCc1ccccc1. The molecule has 1 unspecified atom stereocenters. The van der Waals surface area contributed by atoms with Crippen LogP contribution in [-0.2, 0) is 16.1 Å². The predicted octanol–water partition coefficient (Wildman–Crippen LogP) is 2.43. The van der Waals surface area contributed by atoms with Gasteiger partial charge in [0.2, 0.25) is 0 Å². The number of nitrogens with zero attached hydrogens (tertiary/aromatic N) is 1. The lowest BCUT2D eigenvalue weighted by molar-refractivity contribution is -0.00449. The smallest absolute Gasteiger partial charge is 0.410 e. The monoisotopic (exact) mass is 295 g/mol. The molecule has 1 amide bonds. The second-order valence-corrected chi connectivity index (χ2v) is 5.93. The van der Waals surface area contributed by atoms with Gasteiger partial charge in [0.05, 0.1) is 25.9 Å². The molecule has 1 N–H and O–H groups in total. The van der Waals surface area contributed by atoms with Crippen molar-refractivity contribution in [2.45, 2.75) is 39.0 Å². The molecule has 5 nitrogen and oxygen atoms in total. The van der Waals surface area contributed by atoms with Crippen LogP contribution < -0.4 is 0 Å². The highest BCUT2D eigenvalue weighted by Gasteiger charge is 2.25. The molecule has 5 heteroatoms. The van der Waals surface area contributed by atoms with Gasteiger partial charge >= 0.3 is 6.09 Å². The number of ether oxygens (including phenoxy) is 2. The molecule has 1 aromatic rings. The van der Waals surface area contributed by atoms with Crippen molar-refractivity contribution in [2.24, 2.45) is 0 Å². The van der Waals surface area contributed by atoms with Gasteiger partial charge in [-0.25, -0.2) is 4.79 Å². The number of amides is 1. The molecule has 0 fully saturated rings. The van der Waals surface area contributed by atoms with E-state index in [2.05, 4.69) is 0 Å². The molecular weight excluding hydrogens is 270 g/mol. The predicted molar refractivity (Wildman–Crippen MR) is 81.0 cm³/mol. The first kappa shape index (κ1) is 17.5. The van der Waals surface area contributed by atoms with Crippen LogP contribution in [0.2, 0.25) is 0 Å². The zero-order valence-electron chi connectivity index (χ0n) is 13.2. The molecule has 0 aliphatic heterocycles. The lowest BCUT2D eigenvalue weighted by Crippen LogP contribution is -2.44. The fraction of sp³-hybridized carbons (Fsp3) is 0.562. The Balaban J connectivity index is 2.45. The van der Waals surface area contributed by atoms with Gasteiger partial charge in [0.1, 0.15) is 5.60 Å². The van der Waals surface area contributed by atoms with Gasteiger partial charge in [-0.15, -0.1) is 0 Å². The molecule has 0 saturated heterocycles. The van der Waals surface area contributed by atoms with Crippen LogP contribution in [0.25, 0.3) is 0 Å². The van der Waals surface area contributed by atoms with Crippen LogP contribution in [0.4, 0.5) is 4.79 Å². The number of carbonyl (C=O) groups is 1. The van der Waals surface area contributed by atoms with E-state index in [0.717, 1.165) is 5.56 Å². The fourth-order valence-corrected chi connectivity index (χ4v) is 1.66.